The average Bonchev–Trinajstić information content (AvgIpc) is 2.43. The van der Waals surface area contributed by atoms with Crippen molar-refractivity contribution in [1.29, 1.82) is 0 Å². The summed E-state index contributed by atoms with van der Waals surface area (Å²) in [5, 5.41) is 12.4. The summed E-state index contributed by atoms with van der Waals surface area (Å²) in [4.78, 5) is 15.9. The normalized spacial score (nSPS) is 10.2. The van der Waals surface area contributed by atoms with Gasteiger partial charge in [0.1, 0.15) is 5.75 Å². The molecular weight excluding hydrogens is 355 g/mol. The Bertz CT molecular complexity index is 573. The number of aromatic nitrogens is 1. The average molecular weight is 368 g/mol. The number of nitrogens with zero attached hydrogens (tertiary/aromatic N) is 1. The lowest BCUT2D eigenvalue weighted by Gasteiger charge is -2.06. The van der Waals surface area contributed by atoms with Crippen molar-refractivity contribution in [2.45, 2.75) is 6.42 Å². The van der Waals surface area contributed by atoms with Crippen LogP contribution in [0.25, 0.3) is 0 Å². The molecule has 0 radical (unpaired) electrons. The fourth-order valence-electron chi connectivity index (χ4n) is 1.62. The van der Waals surface area contributed by atoms with Crippen LogP contribution in [0.15, 0.2) is 42.7 Å². The van der Waals surface area contributed by atoms with E-state index in [1.807, 2.05) is 34.7 Å². The number of hydrogen-bond acceptors (Lipinski definition) is 3. The molecular formula is C14H13IN2O2. The zero-order valence-electron chi connectivity index (χ0n) is 10.1. The second-order valence-corrected chi connectivity index (χ2v) is 5.20. The highest BCUT2D eigenvalue weighted by atomic mass is 127. The largest absolute Gasteiger partial charge is 0.507 e. The Morgan fingerprint density at radius 2 is 2.21 bits per heavy atom. The first-order chi connectivity index (χ1) is 9.16. The van der Waals surface area contributed by atoms with Crippen molar-refractivity contribution in [2.24, 2.45) is 0 Å². The number of phenolic OH excluding ortho intramolecular Hbond substituents is 1. The van der Waals surface area contributed by atoms with Crippen molar-refractivity contribution >= 4 is 28.5 Å². The van der Waals surface area contributed by atoms with E-state index >= 15 is 0 Å². The lowest BCUT2D eigenvalue weighted by molar-refractivity contribution is 0.0953. The number of benzene rings is 1. The van der Waals surface area contributed by atoms with Crippen LogP contribution in [-0.2, 0) is 6.42 Å². The van der Waals surface area contributed by atoms with E-state index in [-0.39, 0.29) is 11.7 Å². The second kappa shape index (κ2) is 6.51. The SMILES string of the molecule is O=C(NCCc1cccnc1)c1ccc(I)c(O)c1. The molecule has 1 aromatic carbocycles. The van der Waals surface area contributed by atoms with Crippen LogP contribution in [0.2, 0.25) is 0 Å². The van der Waals surface area contributed by atoms with Gasteiger partial charge in [0, 0.05) is 24.5 Å². The maximum atomic E-state index is 11.9. The van der Waals surface area contributed by atoms with E-state index < -0.39 is 0 Å². The molecule has 2 aromatic rings. The minimum absolute atomic E-state index is 0.125. The van der Waals surface area contributed by atoms with Gasteiger partial charge in [-0.2, -0.15) is 0 Å². The van der Waals surface area contributed by atoms with Gasteiger partial charge < -0.3 is 10.4 Å². The third-order valence-corrected chi connectivity index (χ3v) is 3.54. The number of rotatable bonds is 4. The van der Waals surface area contributed by atoms with Crippen molar-refractivity contribution in [1.82, 2.24) is 10.3 Å². The number of carbonyl (C=O) groups excluding carboxylic acids is 1. The molecule has 0 saturated carbocycles. The van der Waals surface area contributed by atoms with Gasteiger partial charge in [-0.05, 0) is 58.8 Å². The summed E-state index contributed by atoms with van der Waals surface area (Å²) in [5.74, 6) is -0.0592. The van der Waals surface area contributed by atoms with Gasteiger partial charge in [-0.15, -0.1) is 0 Å². The molecule has 5 heteroatoms. The number of halogens is 1. The zero-order chi connectivity index (χ0) is 13.7. The molecule has 0 fully saturated rings. The number of hydrogen-bond donors (Lipinski definition) is 2. The van der Waals surface area contributed by atoms with Gasteiger partial charge in [-0.25, -0.2) is 0 Å². The highest BCUT2D eigenvalue weighted by Crippen LogP contribution is 2.20. The topological polar surface area (TPSA) is 62.2 Å². The minimum atomic E-state index is -0.185. The summed E-state index contributed by atoms with van der Waals surface area (Å²) in [6.07, 6.45) is 4.23. The maximum Gasteiger partial charge on any atom is 0.251 e. The highest BCUT2D eigenvalue weighted by Gasteiger charge is 2.07. The first-order valence-corrected chi connectivity index (χ1v) is 6.90. The van der Waals surface area contributed by atoms with Crippen LogP contribution in [0.1, 0.15) is 15.9 Å². The lowest BCUT2D eigenvalue weighted by Crippen LogP contribution is -2.25. The van der Waals surface area contributed by atoms with E-state index in [0.29, 0.717) is 12.1 Å². The van der Waals surface area contributed by atoms with E-state index in [4.69, 9.17) is 0 Å². The van der Waals surface area contributed by atoms with E-state index in [9.17, 15) is 9.90 Å². The molecule has 98 valence electrons. The van der Waals surface area contributed by atoms with Gasteiger partial charge in [-0.1, -0.05) is 6.07 Å². The van der Waals surface area contributed by atoms with Gasteiger partial charge in [-0.3, -0.25) is 9.78 Å². The summed E-state index contributed by atoms with van der Waals surface area (Å²) in [5.41, 5.74) is 1.54. The molecule has 0 spiro atoms. The molecule has 0 bridgehead atoms. The summed E-state index contributed by atoms with van der Waals surface area (Å²) >= 11 is 2.01. The number of aromatic hydroxyl groups is 1. The van der Waals surface area contributed by atoms with Crippen LogP contribution in [0, 0.1) is 3.57 Å². The van der Waals surface area contributed by atoms with E-state index in [1.54, 1.807) is 24.5 Å². The van der Waals surface area contributed by atoms with E-state index in [2.05, 4.69) is 10.3 Å². The molecule has 19 heavy (non-hydrogen) atoms. The van der Waals surface area contributed by atoms with E-state index in [1.165, 1.54) is 6.07 Å². The Hall–Kier alpha value is -1.63. The van der Waals surface area contributed by atoms with Crippen molar-refractivity contribution in [2.75, 3.05) is 6.54 Å². The smallest absolute Gasteiger partial charge is 0.251 e. The summed E-state index contributed by atoms with van der Waals surface area (Å²) in [6.45, 7) is 0.539. The molecule has 1 heterocycles. The molecule has 4 nitrogen and oxygen atoms in total. The molecule has 0 aliphatic heterocycles. The predicted molar refractivity (Wildman–Crippen MR) is 81.1 cm³/mol. The van der Waals surface area contributed by atoms with Crippen molar-refractivity contribution < 1.29 is 9.90 Å². The van der Waals surface area contributed by atoms with Crippen LogP contribution >= 0.6 is 22.6 Å². The summed E-state index contributed by atoms with van der Waals surface area (Å²) < 4.78 is 0.726. The van der Waals surface area contributed by atoms with Crippen LogP contribution in [0.4, 0.5) is 0 Å². The second-order valence-electron chi connectivity index (χ2n) is 4.03. The Morgan fingerprint density at radius 3 is 2.89 bits per heavy atom. The Balaban J connectivity index is 1.89. The standard InChI is InChI=1S/C14H13IN2O2/c15-12-4-3-11(8-13(12)18)14(19)17-7-5-10-2-1-6-16-9-10/h1-4,6,8-9,18H,5,7H2,(H,17,19). The molecule has 0 aliphatic carbocycles. The highest BCUT2D eigenvalue weighted by molar-refractivity contribution is 14.1. The van der Waals surface area contributed by atoms with Gasteiger partial charge in [0.2, 0.25) is 0 Å². The number of carbonyl (C=O) groups is 1. The summed E-state index contributed by atoms with van der Waals surface area (Å²) in [6, 6.07) is 8.72. The van der Waals surface area contributed by atoms with Gasteiger partial charge >= 0.3 is 0 Å². The van der Waals surface area contributed by atoms with Crippen LogP contribution in [0.3, 0.4) is 0 Å². The summed E-state index contributed by atoms with van der Waals surface area (Å²) in [7, 11) is 0. The third-order valence-electron chi connectivity index (χ3n) is 2.63. The third kappa shape index (κ3) is 3.92. The first-order valence-electron chi connectivity index (χ1n) is 5.82. The number of pyridine rings is 1. The first kappa shape index (κ1) is 13.8. The van der Waals surface area contributed by atoms with Crippen molar-refractivity contribution in [3.63, 3.8) is 0 Å². The van der Waals surface area contributed by atoms with Crippen LogP contribution < -0.4 is 5.32 Å². The molecule has 2 rings (SSSR count). The Morgan fingerprint density at radius 1 is 1.37 bits per heavy atom. The van der Waals surface area contributed by atoms with Gasteiger partial charge in [0.25, 0.3) is 5.91 Å². The molecule has 0 saturated heterocycles. The van der Waals surface area contributed by atoms with Gasteiger partial charge in [0.15, 0.2) is 0 Å². The molecule has 0 unspecified atom stereocenters. The van der Waals surface area contributed by atoms with Gasteiger partial charge in [0.05, 0.1) is 3.57 Å². The quantitative estimate of drug-likeness (QED) is 0.815. The predicted octanol–water partition coefficient (Wildman–Crippen LogP) is 2.36. The van der Waals surface area contributed by atoms with Crippen molar-refractivity contribution in [3.05, 3.63) is 57.4 Å². The minimum Gasteiger partial charge on any atom is -0.507 e. The van der Waals surface area contributed by atoms with Crippen LogP contribution in [-0.4, -0.2) is 22.5 Å². The molecule has 0 atom stereocenters. The Labute approximate surface area is 125 Å². The van der Waals surface area contributed by atoms with Crippen molar-refractivity contribution in [3.8, 4) is 5.75 Å². The molecule has 2 N–H and O–H groups in total. The molecule has 0 aliphatic rings. The monoisotopic (exact) mass is 368 g/mol. The Kier molecular flexibility index (Phi) is 4.73. The number of nitrogens with one attached hydrogen (secondary N) is 1. The molecule has 1 amide bonds. The van der Waals surface area contributed by atoms with Crippen LogP contribution in [0.5, 0.6) is 5.75 Å². The lowest BCUT2D eigenvalue weighted by atomic mass is 10.2. The fraction of sp³-hybridized carbons (Fsp3) is 0.143. The molecule has 1 aromatic heterocycles. The number of amides is 1. The number of phenols is 1. The fourth-order valence-corrected chi connectivity index (χ4v) is 1.96. The van der Waals surface area contributed by atoms with E-state index in [0.717, 1.165) is 15.6 Å². The zero-order valence-corrected chi connectivity index (χ0v) is 12.3. The maximum absolute atomic E-state index is 11.9.